The maximum atomic E-state index is 11.0. The lowest BCUT2D eigenvalue weighted by Gasteiger charge is -2.16. The van der Waals surface area contributed by atoms with Crippen molar-refractivity contribution in [3.8, 4) is 11.5 Å². The summed E-state index contributed by atoms with van der Waals surface area (Å²) < 4.78 is 12.2. The summed E-state index contributed by atoms with van der Waals surface area (Å²) >= 11 is 5.09. The van der Waals surface area contributed by atoms with Gasteiger partial charge >= 0.3 is 5.97 Å². The predicted octanol–water partition coefficient (Wildman–Crippen LogP) is 2.40. The van der Waals surface area contributed by atoms with E-state index in [-0.39, 0.29) is 5.37 Å². The number of rotatable bonds is 2. The van der Waals surface area contributed by atoms with Gasteiger partial charge < -0.3 is 14.6 Å². The molecule has 0 aliphatic carbocycles. The van der Waals surface area contributed by atoms with E-state index in [9.17, 15) is 4.79 Å². The molecule has 1 fully saturated rings. The van der Waals surface area contributed by atoms with Gasteiger partial charge in [-0.2, -0.15) is 0 Å². The fraction of sp³-hybridized carbons (Fsp3) is 0.462. The minimum atomic E-state index is -0.812. The zero-order chi connectivity index (χ0) is 14.1. The molecule has 1 aromatic carbocycles. The van der Waals surface area contributed by atoms with Crippen molar-refractivity contribution in [1.29, 1.82) is 0 Å². The van der Waals surface area contributed by atoms with E-state index in [1.165, 1.54) is 0 Å². The Morgan fingerprint density at radius 3 is 2.95 bits per heavy atom. The maximum Gasteiger partial charge on any atom is 0.321 e. The molecule has 3 rings (SSSR count). The number of thioether (sulfide) groups is 1. The maximum absolute atomic E-state index is 11.0. The topological polar surface area (TPSA) is 67.8 Å². The highest BCUT2D eigenvalue weighted by Crippen LogP contribution is 2.42. The van der Waals surface area contributed by atoms with Crippen LogP contribution in [-0.2, 0) is 4.79 Å². The number of halogens is 1. The molecule has 1 unspecified atom stereocenters. The number of hydrogen-bond donors (Lipinski definition) is 2. The van der Waals surface area contributed by atoms with Crippen LogP contribution in [0.15, 0.2) is 16.6 Å². The van der Waals surface area contributed by atoms with Crippen LogP contribution in [0, 0.1) is 0 Å². The van der Waals surface area contributed by atoms with E-state index in [4.69, 9.17) is 14.6 Å². The molecule has 0 radical (unpaired) electrons. The Bertz CT molecular complexity index is 539. The lowest BCUT2D eigenvalue weighted by atomic mass is 10.2. The zero-order valence-electron chi connectivity index (χ0n) is 10.6. The van der Waals surface area contributed by atoms with Crippen LogP contribution in [0.1, 0.15) is 17.4 Å². The first kappa shape index (κ1) is 14.0. The number of carbonyl (C=O) groups is 1. The lowest BCUT2D eigenvalue weighted by molar-refractivity contribution is -0.138. The van der Waals surface area contributed by atoms with Gasteiger partial charge in [0.1, 0.15) is 6.04 Å². The lowest BCUT2D eigenvalue weighted by Crippen LogP contribution is -2.33. The molecule has 0 saturated carbocycles. The van der Waals surface area contributed by atoms with Crippen molar-refractivity contribution in [2.45, 2.75) is 17.8 Å². The SMILES string of the molecule is O=C(O)[C@@H]1CSC(c2cc(Br)c3c(c2)OCCCO3)N1. The number of ether oxygens (including phenoxy) is 2. The van der Waals surface area contributed by atoms with Crippen LogP contribution in [0.5, 0.6) is 11.5 Å². The molecule has 0 amide bonds. The molecule has 0 bridgehead atoms. The third kappa shape index (κ3) is 2.75. The van der Waals surface area contributed by atoms with Crippen molar-refractivity contribution in [3.63, 3.8) is 0 Å². The van der Waals surface area contributed by atoms with E-state index >= 15 is 0 Å². The summed E-state index contributed by atoms with van der Waals surface area (Å²) in [7, 11) is 0. The molecule has 2 aliphatic heterocycles. The van der Waals surface area contributed by atoms with Crippen LogP contribution >= 0.6 is 27.7 Å². The van der Waals surface area contributed by atoms with Crippen LogP contribution < -0.4 is 14.8 Å². The molecule has 1 saturated heterocycles. The molecule has 2 heterocycles. The summed E-state index contributed by atoms with van der Waals surface area (Å²) in [5, 5.41) is 12.1. The Kier molecular flexibility index (Phi) is 4.09. The van der Waals surface area contributed by atoms with E-state index in [0.29, 0.717) is 24.7 Å². The molecular weight excluding hydrogens is 346 g/mol. The van der Waals surface area contributed by atoms with Crippen molar-refractivity contribution < 1.29 is 19.4 Å². The summed E-state index contributed by atoms with van der Waals surface area (Å²) in [5.41, 5.74) is 0.995. The van der Waals surface area contributed by atoms with Crippen LogP contribution in [-0.4, -0.2) is 36.1 Å². The van der Waals surface area contributed by atoms with E-state index in [2.05, 4.69) is 21.2 Å². The first-order valence-corrected chi connectivity index (χ1v) is 8.19. The Morgan fingerprint density at radius 2 is 2.20 bits per heavy atom. The monoisotopic (exact) mass is 359 g/mol. The van der Waals surface area contributed by atoms with Crippen molar-refractivity contribution in [1.82, 2.24) is 5.32 Å². The molecular formula is C13H14BrNO4S. The molecule has 0 spiro atoms. The normalized spacial score (nSPS) is 25.2. The number of carboxylic acids is 1. The third-order valence-electron chi connectivity index (χ3n) is 3.21. The summed E-state index contributed by atoms with van der Waals surface area (Å²) in [6.45, 7) is 1.27. The number of hydrogen-bond acceptors (Lipinski definition) is 5. The van der Waals surface area contributed by atoms with Gasteiger partial charge in [-0.25, -0.2) is 0 Å². The highest BCUT2D eigenvalue weighted by molar-refractivity contribution is 9.10. The summed E-state index contributed by atoms with van der Waals surface area (Å²) in [6, 6.07) is 3.39. The van der Waals surface area contributed by atoms with Gasteiger partial charge in [-0.15, -0.1) is 11.8 Å². The van der Waals surface area contributed by atoms with Gasteiger partial charge in [0, 0.05) is 12.2 Å². The van der Waals surface area contributed by atoms with E-state index in [1.807, 2.05) is 12.1 Å². The van der Waals surface area contributed by atoms with Gasteiger partial charge in [-0.1, -0.05) is 0 Å². The number of carboxylic acid groups (broad SMARTS) is 1. The van der Waals surface area contributed by atoms with Gasteiger partial charge in [0.2, 0.25) is 0 Å². The number of benzene rings is 1. The van der Waals surface area contributed by atoms with E-state index in [0.717, 1.165) is 22.2 Å². The minimum Gasteiger partial charge on any atom is -0.490 e. The average molecular weight is 360 g/mol. The molecule has 5 nitrogen and oxygen atoms in total. The molecule has 1 aromatic rings. The summed E-state index contributed by atoms with van der Waals surface area (Å²) in [6.07, 6.45) is 0.855. The molecule has 108 valence electrons. The predicted molar refractivity (Wildman–Crippen MR) is 79.5 cm³/mol. The second kappa shape index (κ2) is 5.83. The van der Waals surface area contributed by atoms with E-state index in [1.54, 1.807) is 11.8 Å². The third-order valence-corrected chi connectivity index (χ3v) is 5.06. The molecule has 2 N–H and O–H groups in total. The minimum absolute atomic E-state index is 0.0375. The highest BCUT2D eigenvalue weighted by atomic mass is 79.9. The number of nitrogens with one attached hydrogen (secondary N) is 1. The Balaban J connectivity index is 1.86. The van der Waals surface area contributed by atoms with Crippen LogP contribution in [0.2, 0.25) is 0 Å². The van der Waals surface area contributed by atoms with Crippen LogP contribution in [0.25, 0.3) is 0 Å². The Labute approximate surface area is 129 Å². The Hall–Kier alpha value is -0.920. The number of aliphatic carboxylic acids is 1. The van der Waals surface area contributed by atoms with Gasteiger partial charge in [0.05, 0.1) is 23.1 Å². The van der Waals surface area contributed by atoms with Crippen LogP contribution in [0.3, 0.4) is 0 Å². The van der Waals surface area contributed by atoms with Crippen molar-refractivity contribution in [2.75, 3.05) is 19.0 Å². The fourth-order valence-electron chi connectivity index (χ4n) is 2.21. The Morgan fingerprint density at radius 1 is 1.40 bits per heavy atom. The second-order valence-corrected chi connectivity index (χ2v) is 6.64. The standard InChI is InChI=1S/C13H14BrNO4S/c14-8-4-7(12-15-9(6-20-12)13(16)17)5-10-11(8)19-3-1-2-18-10/h4-5,9,12,15H,1-3,6H2,(H,16,17)/t9-,12?/m0/s1. The average Bonchev–Trinajstić information content (AvgIpc) is 2.79. The van der Waals surface area contributed by atoms with Crippen molar-refractivity contribution >= 4 is 33.7 Å². The quantitative estimate of drug-likeness (QED) is 0.844. The fourth-order valence-corrected chi connectivity index (χ4v) is 4.00. The zero-order valence-corrected chi connectivity index (χ0v) is 13.0. The second-order valence-electron chi connectivity index (χ2n) is 4.65. The van der Waals surface area contributed by atoms with Gasteiger partial charge in [0.15, 0.2) is 11.5 Å². The molecule has 20 heavy (non-hydrogen) atoms. The highest BCUT2D eigenvalue weighted by Gasteiger charge is 2.31. The van der Waals surface area contributed by atoms with Crippen LogP contribution in [0.4, 0.5) is 0 Å². The van der Waals surface area contributed by atoms with Gasteiger partial charge in [0.25, 0.3) is 0 Å². The number of fused-ring (bicyclic) bond motifs is 1. The van der Waals surface area contributed by atoms with Crippen molar-refractivity contribution in [2.24, 2.45) is 0 Å². The van der Waals surface area contributed by atoms with Crippen molar-refractivity contribution in [3.05, 3.63) is 22.2 Å². The first-order valence-electron chi connectivity index (χ1n) is 6.34. The summed E-state index contributed by atoms with van der Waals surface area (Å²) in [4.78, 5) is 11.0. The van der Waals surface area contributed by atoms with Gasteiger partial charge in [-0.05, 0) is 33.6 Å². The van der Waals surface area contributed by atoms with Gasteiger partial charge in [-0.3, -0.25) is 10.1 Å². The molecule has 0 aromatic heterocycles. The molecule has 2 atom stereocenters. The largest absolute Gasteiger partial charge is 0.490 e. The van der Waals surface area contributed by atoms with E-state index < -0.39 is 12.0 Å². The molecule has 2 aliphatic rings. The summed E-state index contributed by atoms with van der Waals surface area (Å²) in [5.74, 6) is 1.19. The smallest absolute Gasteiger partial charge is 0.321 e. The molecule has 7 heteroatoms. The first-order chi connectivity index (χ1) is 9.65.